The number of carbonyl (C=O) groups is 1. The number of nitrogens with zero attached hydrogens (tertiary/aromatic N) is 3. The number of amides is 1. The summed E-state index contributed by atoms with van der Waals surface area (Å²) in [4.78, 5) is 33.6. The predicted molar refractivity (Wildman–Crippen MR) is 116 cm³/mol. The second kappa shape index (κ2) is 8.77. The summed E-state index contributed by atoms with van der Waals surface area (Å²) in [6.07, 6.45) is 6.18. The van der Waals surface area contributed by atoms with Gasteiger partial charge in [-0.3, -0.25) is 30.4 Å². The number of furan rings is 1. The molecule has 32 heavy (non-hydrogen) atoms. The molecule has 2 aliphatic carbocycles. The standard InChI is InChI=1S/C21H23N5O6/c1-12-19-16(24-23-15-10-9-14(25(28)29)11-17(15)26(30)31)7-4-8-18(19)32-20(12)21(27)22-13-5-2-3-6-13/h9-11,13,23H,2-8H2,1H3,(H,22,27)/b24-16+. The van der Waals surface area contributed by atoms with Crippen molar-refractivity contribution in [2.24, 2.45) is 5.10 Å². The maximum Gasteiger partial charge on any atom is 0.301 e. The van der Waals surface area contributed by atoms with Crippen molar-refractivity contribution in [1.82, 2.24) is 5.32 Å². The molecule has 0 spiro atoms. The molecule has 1 amide bonds. The highest BCUT2D eigenvalue weighted by Gasteiger charge is 2.29. The molecule has 2 aromatic rings. The molecule has 1 aromatic carbocycles. The Morgan fingerprint density at radius 2 is 1.88 bits per heavy atom. The maximum atomic E-state index is 12.7. The number of hydrogen-bond donors (Lipinski definition) is 2. The van der Waals surface area contributed by atoms with Gasteiger partial charge in [-0.1, -0.05) is 12.8 Å². The van der Waals surface area contributed by atoms with Gasteiger partial charge in [-0.05, 0) is 38.7 Å². The van der Waals surface area contributed by atoms with Crippen LogP contribution >= 0.6 is 0 Å². The highest BCUT2D eigenvalue weighted by atomic mass is 16.6. The largest absolute Gasteiger partial charge is 0.455 e. The number of hydrogen-bond acceptors (Lipinski definition) is 8. The van der Waals surface area contributed by atoms with Gasteiger partial charge in [0.25, 0.3) is 11.6 Å². The molecule has 4 rings (SSSR count). The fourth-order valence-electron chi connectivity index (χ4n) is 4.32. The molecule has 168 valence electrons. The van der Waals surface area contributed by atoms with E-state index >= 15 is 0 Å². The van der Waals surface area contributed by atoms with E-state index in [1.807, 2.05) is 0 Å². The number of anilines is 1. The molecule has 1 fully saturated rings. The fourth-order valence-corrected chi connectivity index (χ4v) is 4.32. The molecular formula is C21H23N5O6. The third-order valence-corrected chi connectivity index (χ3v) is 5.92. The zero-order chi connectivity index (χ0) is 22.8. The first-order valence-corrected chi connectivity index (χ1v) is 10.5. The zero-order valence-electron chi connectivity index (χ0n) is 17.6. The van der Waals surface area contributed by atoms with Crippen LogP contribution in [-0.4, -0.2) is 27.5 Å². The first-order valence-electron chi connectivity index (χ1n) is 10.5. The predicted octanol–water partition coefficient (Wildman–Crippen LogP) is 4.23. The number of non-ortho nitro benzene ring substituents is 1. The van der Waals surface area contributed by atoms with Gasteiger partial charge in [-0.2, -0.15) is 5.10 Å². The Labute approximate surface area is 183 Å². The smallest absolute Gasteiger partial charge is 0.301 e. The van der Waals surface area contributed by atoms with E-state index in [1.54, 1.807) is 6.92 Å². The number of rotatable bonds is 6. The molecular weight excluding hydrogens is 418 g/mol. The highest BCUT2D eigenvalue weighted by molar-refractivity contribution is 6.06. The van der Waals surface area contributed by atoms with Crippen LogP contribution in [0.2, 0.25) is 0 Å². The average Bonchev–Trinajstić information content (AvgIpc) is 3.40. The molecule has 0 aliphatic heterocycles. The van der Waals surface area contributed by atoms with Crippen LogP contribution in [0.5, 0.6) is 0 Å². The van der Waals surface area contributed by atoms with Crippen LogP contribution in [0.1, 0.15) is 66.0 Å². The number of hydrazone groups is 1. The second-order valence-electron chi connectivity index (χ2n) is 8.05. The Morgan fingerprint density at radius 3 is 2.56 bits per heavy atom. The molecule has 2 aliphatic rings. The van der Waals surface area contributed by atoms with Crippen LogP contribution < -0.4 is 10.7 Å². The molecule has 0 unspecified atom stereocenters. The molecule has 1 aromatic heterocycles. The van der Waals surface area contributed by atoms with Gasteiger partial charge < -0.3 is 9.73 Å². The lowest BCUT2D eigenvalue weighted by Crippen LogP contribution is -2.32. The average molecular weight is 441 g/mol. The Morgan fingerprint density at radius 1 is 1.12 bits per heavy atom. The molecule has 11 heteroatoms. The van der Waals surface area contributed by atoms with Crippen molar-refractivity contribution in [2.45, 2.75) is 57.9 Å². The van der Waals surface area contributed by atoms with Gasteiger partial charge in [0, 0.05) is 29.7 Å². The van der Waals surface area contributed by atoms with Crippen LogP contribution in [0, 0.1) is 27.2 Å². The van der Waals surface area contributed by atoms with E-state index in [0.29, 0.717) is 29.9 Å². The van der Waals surface area contributed by atoms with Crippen LogP contribution in [0.3, 0.4) is 0 Å². The van der Waals surface area contributed by atoms with Gasteiger partial charge in [0.15, 0.2) is 5.76 Å². The zero-order valence-corrected chi connectivity index (χ0v) is 17.6. The normalized spacial score (nSPS) is 17.2. The first kappa shape index (κ1) is 21.5. The third kappa shape index (κ3) is 4.18. The van der Waals surface area contributed by atoms with Crippen molar-refractivity contribution in [1.29, 1.82) is 0 Å². The van der Waals surface area contributed by atoms with Crippen molar-refractivity contribution in [3.63, 3.8) is 0 Å². The van der Waals surface area contributed by atoms with Crippen molar-refractivity contribution in [3.05, 3.63) is 61.1 Å². The van der Waals surface area contributed by atoms with Crippen LogP contribution in [0.4, 0.5) is 17.1 Å². The Balaban J connectivity index is 1.61. The maximum absolute atomic E-state index is 12.7. The number of aryl methyl sites for hydroxylation is 1. The molecule has 0 saturated heterocycles. The fraction of sp³-hybridized carbons (Fsp3) is 0.429. The highest BCUT2D eigenvalue weighted by Crippen LogP contribution is 2.32. The molecule has 0 atom stereocenters. The van der Waals surface area contributed by atoms with E-state index in [4.69, 9.17) is 4.42 Å². The number of fused-ring (bicyclic) bond motifs is 1. The number of carbonyl (C=O) groups excluding carboxylic acids is 1. The summed E-state index contributed by atoms with van der Waals surface area (Å²) < 4.78 is 5.89. The molecule has 0 bridgehead atoms. The van der Waals surface area contributed by atoms with Crippen molar-refractivity contribution in [3.8, 4) is 0 Å². The summed E-state index contributed by atoms with van der Waals surface area (Å²) in [5.74, 6) is 0.712. The number of benzene rings is 1. The first-order chi connectivity index (χ1) is 15.3. The lowest BCUT2D eigenvalue weighted by Gasteiger charge is -2.14. The SMILES string of the molecule is Cc1c(C(=O)NC2CCCC2)oc2c1/C(=N/Nc1ccc([N+](=O)[O-])cc1[N+](=O)[O-])CCC2. The van der Waals surface area contributed by atoms with E-state index in [-0.39, 0.29) is 29.1 Å². The van der Waals surface area contributed by atoms with E-state index in [2.05, 4.69) is 15.8 Å². The molecule has 11 nitrogen and oxygen atoms in total. The van der Waals surface area contributed by atoms with Gasteiger partial charge in [0.1, 0.15) is 11.4 Å². The van der Waals surface area contributed by atoms with Crippen LogP contribution in [0.15, 0.2) is 27.7 Å². The summed E-state index contributed by atoms with van der Waals surface area (Å²) in [6, 6.07) is 3.49. The Hall–Kier alpha value is -3.76. The number of nitrogens with one attached hydrogen (secondary N) is 2. The minimum absolute atomic E-state index is 0.0422. The second-order valence-corrected chi connectivity index (χ2v) is 8.05. The summed E-state index contributed by atoms with van der Waals surface area (Å²) in [7, 11) is 0. The lowest BCUT2D eigenvalue weighted by molar-refractivity contribution is -0.393. The van der Waals surface area contributed by atoms with Gasteiger partial charge in [0.05, 0.1) is 21.6 Å². The van der Waals surface area contributed by atoms with Crippen molar-refractivity contribution in [2.75, 3.05) is 5.43 Å². The van der Waals surface area contributed by atoms with E-state index in [0.717, 1.165) is 43.7 Å². The molecule has 0 radical (unpaired) electrons. The molecule has 1 heterocycles. The number of nitro groups is 2. The van der Waals surface area contributed by atoms with Crippen molar-refractivity contribution < 1.29 is 19.1 Å². The third-order valence-electron chi connectivity index (χ3n) is 5.92. The van der Waals surface area contributed by atoms with Gasteiger partial charge in [-0.15, -0.1) is 0 Å². The summed E-state index contributed by atoms with van der Waals surface area (Å²) in [5.41, 5.74) is 3.95. The Kier molecular flexibility index (Phi) is 5.89. The van der Waals surface area contributed by atoms with Gasteiger partial charge in [-0.25, -0.2) is 0 Å². The topological polar surface area (TPSA) is 153 Å². The van der Waals surface area contributed by atoms with Gasteiger partial charge in [0.2, 0.25) is 0 Å². The van der Waals surface area contributed by atoms with Crippen LogP contribution in [0.25, 0.3) is 0 Å². The summed E-state index contributed by atoms with van der Waals surface area (Å²) in [6.45, 7) is 1.81. The molecule has 2 N–H and O–H groups in total. The van der Waals surface area contributed by atoms with Crippen LogP contribution in [-0.2, 0) is 6.42 Å². The van der Waals surface area contributed by atoms with Crippen molar-refractivity contribution >= 4 is 28.7 Å². The number of nitro benzene ring substituents is 2. The van der Waals surface area contributed by atoms with E-state index in [9.17, 15) is 25.0 Å². The Bertz CT molecular complexity index is 1120. The summed E-state index contributed by atoms with van der Waals surface area (Å²) >= 11 is 0. The molecule has 1 saturated carbocycles. The summed E-state index contributed by atoms with van der Waals surface area (Å²) in [5, 5.41) is 29.7. The van der Waals surface area contributed by atoms with Gasteiger partial charge >= 0.3 is 5.69 Å². The minimum atomic E-state index is -0.698. The van der Waals surface area contributed by atoms with E-state index in [1.165, 1.54) is 12.1 Å². The monoisotopic (exact) mass is 441 g/mol. The quantitative estimate of drug-likeness (QED) is 0.502. The minimum Gasteiger partial charge on any atom is -0.455 e. The van der Waals surface area contributed by atoms with E-state index < -0.39 is 15.5 Å². The lowest BCUT2D eigenvalue weighted by atomic mass is 9.93.